The van der Waals surface area contributed by atoms with Crippen LogP contribution in [0, 0.1) is 12.8 Å². The van der Waals surface area contributed by atoms with Crippen LogP contribution in [-0.4, -0.2) is 33.2 Å². The molecule has 0 aliphatic rings. The Hall–Kier alpha value is -2.87. The van der Waals surface area contributed by atoms with Crippen LogP contribution in [0.2, 0.25) is 0 Å². The Morgan fingerprint density at radius 1 is 1.07 bits per heavy atom. The normalized spacial score (nSPS) is 12.1. The van der Waals surface area contributed by atoms with Gasteiger partial charge in [0.25, 0.3) is 0 Å². The van der Waals surface area contributed by atoms with E-state index in [2.05, 4.69) is 14.8 Å². The Balaban J connectivity index is 2.05. The topological polar surface area (TPSA) is 102 Å². The quantitative estimate of drug-likeness (QED) is 0.708. The van der Waals surface area contributed by atoms with Gasteiger partial charge in [0, 0.05) is 5.69 Å². The lowest BCUT2D eigenvalue weighted by Gasteiger charge is -2.15. The van der Waals surface area contributed by atoms with Crippen LogP contribution in [0.5, 0.6) is 0 Å². The zero-order chi connectivity index (χ0) is 20.0. The van der Waals surface area contributed by atoms with Gasteiger partial charge in [-0.05, 0) is 31.2 Å². The van der Waals surface area contributed by atoms with E-state index in [1.54, 1.807) is 42.5 Å². The first-order valence-electron chi connectivity index (χ1n) is 8.27. The highest BCUT2D eigenvalue weighted by Crippen LogP contribution is 2.18. The first-order valence-corrected chi connectivity index (χ1v) is 9.92. The predicted octanol–water partition coefficient (Wildman–Crippen LogP) is 2.80. The monoisotopic (exact) mass is 390 g/mol. The summed E-state index contributed by atoms with van der Waals surface area (Å²) < 4.78 is 31.7. The van der Waals surface area contributed by atoms with Crippen LogP contribution in [0.25, 0.3) is 0 Å². The zero-order valence-corrected chi connectivity index (χ0v) is 16.2. The van der Waals surface area contributed by atoms with Crippen molar-refractivity contribution in [2.24, 2.45) is 5.92 Å². The average molecular weight is 390 g/mol. The number of sulfonamides is 1. The van der Waals surface area contributed by atoms with Gasteiger partial charge in [-0.15, -0.1) is 0 Å². The van der Waals surface area contributed by atoms with Crippen LogP contribution >= 0.6 is 0 Å². The van der Waals surface area contributed by atoms with Crippen molar-refractivity contribution in [2.45, 2.75) is 13.8 Å². The minimum Gasteiger partial charge on any atom is -0.465 e. The number of rotatable bonds is 7. The van der Waals surface area contributed by atoms with E-state index < -0.39 is 33.6 Å². The van der Waals surface area contributed by atoms with Gasteiger partial charge < -0.3 is 10.1 Å². The molecule has 2 rings (SSSR count). The molecule has 2 N–H and O–H groups in total. The largest absolute Gasteiger partial charge is 0.465 e. The first-order chi connectivity index (χ1) is 12.7. The second-order valence-corrected chi connectivity index (χ2v) is 7.94. The van der Waals surface area contributed by atoms with E-state index in [0.717, 1.165) is 5.56 Å². The minimum atomic E-state index is -3.72. The van der Waals surface area contributed by atoms with Crippen molar-refractivity contribution in [1.82, 2.24) is 0 Å². The lowest BCUT2D eigenvalue weighted by molar-refractivity contribution is -0.118. The average Bonchev–Trinajstić information content (AvgIpc) is 2.62. The maximum atomic E-state index is 12.4. The second kappa shape index (κ2) is 8.68. The van der Waals surface area contributed by atoms with E-state index >= 15 is 0 Å². The van der Waals surface area contributed by atoms with Gasteiger partial charge in [-0.3, -0.25) is 9.52 Å². The van der Waals surface area contributed by atoms with E-state index in [0.29, 0.717) is 5.69 Å². The molecule has 2 aromatic carbocycles. The maximum absolute atomic E-state index is 12.4. The smallest absolute Gasteiger partial charge is 0.339 e. The van der Waals surface area contributed by atoms with E-state index in [-0.39, 0.29) is 11.3 Å². The Morgan fingerprint density at radius 3 is 2.33 bits per heavy atom. The fraction of sp³-hybridized carbons (Fsp3) is 0.263. The molecule has 0 spiro atoms. The molecule has 7 nitrogen and oxygen atoms in total. The van der Waals surface area contributed by atoms with Crippen molar-refractivity contribution < 1.29 is 22.7 Å². The Kier molecular flexibility index (Phi) is 6.57. The van der Waals surface area contributed by atoms with Crippen LogP contribution in [0.1, 0.15) is 22.8 Å². The fourth-order valence-electron chi connectivity index (χ4n) is 2.38. The summed E-state index contributed by atoms with van der Waals surface area (Å²) >= 11 is 0. The molecule has 0 aliphatic carbocycles. The van der Waals surface area contributed by atoms with E-state index in [1.807, 2.05) is 6.92 Å². The number of carbonyl (C=O) groups excluding carboxylic acids is 2. The van der Waals surface area contributed by atoms with Crippen LogP contribution < -0.4 is 10.0 Å². The number of carbonyl (C=O) groups is 2. The van der Waals surface area contributed by atoms with Gasteiger partial charge in [0.15, 0.2) is 0 Å². The molecule has 0 fully saturated rings. The number of benzene rings is 2. The number of hydrogen-bond donors (Lipinski definition) is 2. The molecule has 0 heterocycles. The summed E-state index contributed by atoms with van der Waals surface area (Å²) in [6, 6.07) is 13.3. The van der Waals surface area contributed by atoms with Gasteiger partial charge in [0.1, 0.15) is 0 Å². The molecule has 0 saturated heterocycles. The van der Waals surface area contributed by atoms with Gasteiger partial charge in [0.05, 0.1) is 30.0 Å². The molecule has 1 amide bonds. The predicted molar refractivity (Wildman–Crippen MR) is 104 cm³/mol. The van der Waals surface area contributed by atoms with Gasteiger partial charge in [-0.1, -0.05) is 36.8 Å². The lowest BCUT2D eigenvalue weighted by Crippen LogP contribution is -2.30. The third kappa shape index (κ3) is 5.82. The molecule has 1 unspecified atom stereocenters. The summed E-state index contributed by atoms with van der Waals surface area (Å²) in [6.45, 7) is 3.40. The number of amides is 1. The molecule has 0 aromatic heterocycles. The number of methoxy groups -OCH3 is 1. The third-order valence-electron chi connectivity index (χ3n) is 3.83. The molecule has 0 bridgehead atoms. The first kappa shape index (κ1) is 20.4. The summed E-state index contributed by atoms with van der Waals surface area (Å²) in [7, 11) is -2.47. The number of esters is 1. The summed E-state index contributed by atoms with van der Waals surface area (Å²) in [5.74, 6) is -2.33. The van der Waals surface area contributed by atoms with Gasteiger partial charge in [-0.2, -0.15) is 0 Å². The summed E-state index contributed by atoms with van der Waals surface area (Å²) in [5, 5.41) is 2.59. The Bertz CT molecular complexity index is 923. The molecule has 0 radical (unpaired) electrons. The SMILES string of the molecule is COC(=O)c1ccccc1NC(=O)C(C)CS(=O)(=O)Nc1ccc(C)cc1. The number of para-hydroxylation sites is 1. The van der Waals surface area contributed by atoms with Crippen LogP contribution in [0.15, 0.2) is 48.5 Å². The minimum absolute atomic E-state index is 0.196. The molecular formula is C19H22N2O5S. The summed E-state index contributed by atoms with van der Waals surface area (Å²) in [5.41, 5.74) is 1.91. The van der Waals surface area contributed by atoms with Crippen molar-refractivity contribution in [3.8, 4) is 0 Å². The Labute approximate surface area is 158 Å². The number of anilines is 2. The molecule has 8 heteroatoms. The molecule has 1 atom stereocenters. The third-order valence-corrected chi connectivity index (χ3v) is 5.32. The van der Waals surface area contributed by atoms with Crippen molar-refractivity contribution in [3.63, 3.8) is 0 Å². The van der Waals surface area contributed by atoms with Gasteiger partial charge in [-0.25, -0.2) is 13.2 Å². The molecule has 27 heavy (non-hydrogen) atoms. The number of aryl methyl sites for hydroxylation is 1. The highest BCUT2D eigenvalue weighted by Gasteiger charge is 2.23. The lowest BCUT2D eigenvalue weighted by atomic mass is 10.1. The van der Waals surface area contributed by atoms with Crippen LogP contribution in [0.3, 0.4) is 0 Å². The van der Waals surface area contributed by atoms with E-state index in [1.165, 1.54) is 20.1 Å². The summed E-state index contributed by atoms with van der Waals surface area (Å²) in [6.07, 6.45) is 0. The van der Waals surface area contributed by atoms with Crippen molar-refractivity contribution >= 4 is 33.3 Å². The van der Waals surface area contributed by atoms with Crippen molar-refractivity contribution in [2.75, 3.05) is 22.9 Å². The number of hydrogen-bond acceptors (Lipinski definition) is 5. The fourth-order valence-corrected chi connectivity index (χ4v) is 3.77. The molecule has 0 aliphatic heterocycles. The highest BCUT2D eigenvalue weighted by molar-refractivity contribution is 7.92. The van der Waals surface area contributed by atoms with Crippen LogP contribution in [-0.2, 0) is 19.6 Å². The molecule has 2 aromatic rings. The second-order valence-electron chi connectivity index (χ2n) is 6.18. The standard InChI is InChI=1S/C19H22N2O5S/c1-13-8-10-15(11-9-13)21-27(24,25)12-14(2)18(22)20-17-7-5-4-6-16(17)19(23)26-3/h4-11,14,21H,12H2,1-3H3,(H,20,22). The van der Waals surface area contributed by atoms with E-state index in [9.17, 15) is 18.0 Å². The van der Waals surface area contributed by atoms with Gasteiger partial charge >= 0.3 is 5.97 Å². The number of nitrogens with one attached hydrogen (secondary N) is 2. The molecule has 144 valence electrons. The highest BCUT2D eigenvalue weighted by atomic mass is 32.2. The molecular weight excluding hydrogens is 368 g/mol. The number of ether oxygens (including phenoxy) is 1. The van der Waals surface area contributed by atoms with Gasteiger partial charge in [0.2, 0.25) is 15.9 Å². The van der Waals surface area contributed by atoms with E-state index in [4.69, 9.17) is 0 Å². The molecule has 0 saturated carbocycles. The van der Waals surface area contributed by atoms with Crippen molar-refractivity contribution in [3.05, 3.63) is 59.7 Å². The summed E-state index contributed by atoms with van der Waals surface area (Å²) in [4.78, 5) is 24.2. The zero-order valence-electron chi connectivity index (χ0n) is 15.4. The van der Waals surface area contributed by atoms with Crippen LogP contribution in [0.4, 0.5) is 11.4 Å². The Morgan fingerprint density at radius 2 is 1.70 bits per heavy atom. The van der Waals surface area contributed by atoms with Crippen molar-refractivity contribution in [1.29, 1.82) is 0 Å². The maximum Gasteiger partial charge on any atom is 0.339 e.